The summed E-state index contributed by atoms with van der Waals surface area (Å²) in [5.74, 6) is 1.05. The van der Waals surface area contributed by atoms with E-state index in [1.54, 1.807) is 0 Å². The van der Waals surface area contributed by atoms with E-state index in [9.17, 15) is 4.79 Å². The molecule has 1 rings (SSSR count). The lowest BCUT2D eigenvalue weighted by molar-refractivity contribution is -0.123. The summed E-state index contributed by atoms with van der Waals surface area (Å²) in [6.07, 6.45) is 1.02. The molecule has 1 aromatic rings. The Balaban J connectivity index is 2.31. The molecule has 1 aromatic carbocycles. The molecule has 21 heavy (non-hydrogen) atoms. The Morgan fingerprint density at radius 1 is 1.14 bits per heavy atom. The van der Waals surface area contributed by atoms with Crippen molar-refractivity contribution in [2.45, 2.75) is 40.2 Å². The second-order valence-electron chi connectivity index (χ2n) is 5.54. The lowest BCUT2D eigenvalue weighted by Crippen LogP contribution is -2.35. The van der Waals surface area contributed by atoms with Gasteiger partial charge in [0.15, 0.2) is 0 Å². The molecule has 2 N–H and O–H groups in total. The highest BCUT2D eigenvalue weighted by atomic mass is 16.5. The standard InChI is InChI=1S/C17H28N2O2/c1-5-12-21-16-8-6-15(7-9-16)14(4)18-10-11-19-17(20)13(2)3/h6-9,13-14,18H,5,10-12H2,1-4H3,(H,19,20). The van der Waals surface area contributed by atoms with Crippen molar-refractivity contribution < 1.29 is 9.53 Å². The number of hydrogen-bond donors (Lipinski definition) is 2. The zero-order valence-corrected chi connectivity index (χ0v) is 13.6. The summed E-state index contributed by atoms with van der Waals surface area (Å²) in [4.78, 5) is 11.4. The van der Waals surface area contributed by atoms with Crippen molar-refractivity contribution in [1.82, 2.24) is 10.6 Å². The summed E-state index contributed by atoms with van der Waals surface area (Å²) in [5.41, 5.74) is 1.22. The van der Waals surface area contributed by atoms with Crippen LogP contribution in [0.15, 0.2) is 24.3 Å². The maximum absolute atomic E-state index is 11.4. The second kappa shape index (κ2) is 9.40. The molecule has 0 saturated heterocycles. The zero-order valence-electron chi connectivity index (χ0n) is 13.6. The molecule has 0 aliphatic carbocycles. The number of nitrogens with one attached hydrogen (secondary N) is 2. The van der Waals surface area contributed by atoms with E-state index in [2.05, 4.69) is 36.6 Å². The second-order valence-corrected chi connectivity index (χ2v) is 5.54. The van der Waals surface area contributed by atoms with Gasteiger partial charge in [-0.3, -0.25) is 4.79 Å². The van der Waals surface area contributed by atoms with E-state index in [-0.39, 0.29) is 17.9 Å². The van der Waals surface area contributed by atoms with Crippen LogP contribution >= 0.6 is 0 Å². The van der Waals surface area contributed by atoms with Crippen LogP contribution in [0.4, 0.5) is 0 Å². The number of amides is 1. The first-order valence-electron chi connectivity index (χ1n) is 7.78. The van der Waals surface area contributed by atoms with Crippen molar-refractivity contribution >= 4 is 5.91 Å². The van der Waals surface area contributed by atoms with E-state index in [0.717, 1.165) is 25.3 Å². The molecule has 1 atom stereocenters. The van der Waals surface area contributed by atoms with Crippen LogP contribution in [0, 0.1) is 5.92 Å². The van der Waals surface area contributed by atoms with Crippen molar-refractivity contribution in [2.75, 3.05) is 19.7 Å². The van der Waals surface area contributed by atoms with Gasteiger partial charge in [0.05, 0.1) is 6.61 Å². The molecule has 1 unspecified atom stereocenters. The maximum Gasteiger partial charge on any atom is 0.222 e. The van der Waals surface area contributed by atoms with Crippen LogP contribution < -0.4 is 15.4 Å². The minimum Gasteiger partial charge on any atom is -0.494 e. The zero-order chi connectivity index (χ0) is 15.7. The van der Waals surface area contributed by atoms with Gasteiger partial charge in [-0.05, 0) is 31.0 Å². The van der Waals surface area contributed by atoms with Crippen molar-refractivity contribution in [3.8, 4) is 5.75 Å². The predicted octanol–water partition coefficient (Wildman–Crippen LogP) is 2.90. The van der Waals surface area contributed by atoms with Crippen LogP contribution in [0.5, 0.6) is 5.75 Å². The first kappa shape index (κ1) is 17.5. The fourth-order valence-electron chi connectivity index (χ4n) is 1.87. The summed E-state index contributed by atoms with van der Waals surface area (Å²) >= 11 is 0. The van der Waals surface area contributed by atoms with Crippen molar-refractivity contribution in [3.05, 3.63) is 29.8 Å². The van der Waals surface area contributed by atoms with Crippen LogP contribution in [0.1, 0.15) is 45.7 Å². The number of benzene rings is 1. The molecule has 0 fully saturated rings. The molecular formula is C17H28N2O2. The Bertz CT molecular complexity index is 415. The SMILES string of the molecule is CCCOc1ccc(C(C)NCCNC(=O)C(C)C)cc1. The highest BCUT2D eigenvalue weighted by molar-refractivity contribution is 5.77. The first-order valence-corrected chi connectivity index (χ1v) is 7.78. The lowest BCUT2D eigenvalue weighted by atomic mass is 10.1. The Hall–Kier alpha value is -1.55. The van der Waals surface area contributed by atoms with Gasteiger partial charge in [0, 0.05) is 25.0 Å². The van der Waals surface area contributed by atoms with E-state index in [1.807, 2.05) is 26.0 Å². The monoisotopic (exact) mass is 292 g/mol. The Morgan fingerprint density at radius 3 is 2.38 bits per heavy atom. The van der Waals surface area contributed by atoms with Crippen LogP contribution in [0.2, 0.25) is 0 Å². The molecule has 0 saturated carbocycles. The smallest absolute Gasteiger partial charge is 0.222 e. The third kappa shape index (κ3) is 6.63. The van der Waals surface area contributed by atoms with Crippen LogP contribution in [0.3, 0.4) is 0 Å². The van der Waals surface area contributed by atoms with E-state index < -0.39 is 0 Å². The molecule has 0 aromatic heterocycles. The molecule has 0 heterocycles. The average Bonchev–Trinajstić information content (AvgIpc) is 2.49. The van der Waals surface area contributed by atoms with Crippen LogP contribution in [-0.2, 0) is 4.79 Å². The summed E-state index contributed by atoms with van der Waals surface area (Å²) in [6.45, 7) is 10.2. The van der Waals surface area contributed by atoms with E-state index in [0.29, 0.717) is 6.54 Å². The molecule has 4 nitrogen and oxygen atoms in total. The highest BCUT2D eigenvalue weighted by Gasteiger charge is 2.07. The number of ether oxygens (including phenoxy) is 1. The molecule has 0 bridgehead atoms. The Labute approximate surface area is 128 Å². The maximum atomic E-state index is 11.4. The molecule has 118 valence electrons. The van der Waals surface area contributed by atoms with Gasteiger partial charge in [-0.1, -0.05) is 32.9 Å². The number of rotatable bonds is 9. The van der Waals surface area contributed by atoms with Gasteiger partial charge in [-0.25, -0.2) is 0 Å². The first-order chi connectivity index (χ1) is 10.0. The fraction of sp³-hybridized carbons (Fsp3) is 0.588. The summed E-state index contributed by atoms with van der Waals surface area (Å²) in [6, 6.07) is 8.42. The molecule has 0 aliphatic heterocycles. The molecular weight excluding hydrogens is 264 g/mol. The van der Waals surface area contributed by atoms with E-state index >= 15 is 0 Å². The van der Waals surface area contributed by atoms with Crippen molar-refractivity contribution in [3.63, 3.8) is 0 Å². The van der Waals surface area contributed by atoms with Crippen molar-refractivity contribution in [1.29, 1.82) is 0 Å². The molecule has 0 aliphatic rings. The number of hydrogen-bond acceptors (Lipinski definition) is 3. The third-order valence-electron chi connectivity index (χ3n) is 3.25. The fourth-order valence-corrected chi connectivity index (χ4v) is 1.87. The highest BCUT2D eigenvalue weighted by Crippen LogP contribution is 2.17. The van der Waals surface area contributed by atoms with Gasteiger partial charge < -0.3 is 15.4 Å². The van der Waals surface area contributed by atoms with Gasteiger partial charge in [0.25, 0.3) is 0 Å². The van der Waals surface area contributed by atoms with E-state index in [4.69, 9.17) is 4.74 Å². The van der Waals surface area contributed by atoms with Crippen LogP contribution in [0.25, 0.3) is 0 Å². The molecule has 0 spiro atoms. The predicted molar refractivity (Wildman–Crippen MR) is 86.5 cm³/mol. The summed E-state index contributed by atoms with van der Waals surface area (Å²) < 4.78 is 5.57. The van der Waals surface area contributed by atoms with Crippen LogP contribution in [-0.4, -0.2) is 25.6 Å². The summed E-state index contributed by atoms with van der Waals surface area (Å²) in [5, 5.41) is 6.30. The van der Waals surface area contributed by atoms with Crippen molar-refractivity contribution in [2.24, 2.45) is 5.92 Å². The minimum absolute atomic E-state index is 0.0399. The summed E-state index contributed by atoms with van der Waals surface area (Å²) in [7, 11) is 0. The van der Waals surface area contributed by atoms with E-state index in [1.165, 1.54) is 5.56 Å². The van der Waals surface area contributed by atoms with Gasteiger partial charge in [0.2, 0.25) is 5.91 Å². The van der Waals surface area contributed by atoms with Gasteiger partial charge in [0.1, 0.15) is 5.75 Å². The Morgan fingerprint density at radius 2 is 1.81 bits per heavy atom. The van der Waals surface area contributed by atoms with Gasteiger partial charge in [-0.2, -0.15) is 0 Å². The normalized spacial score (nSPS) is 12.2. The Kier molecular flexibility index (Phi) is 7.83. The lowest BCUT2D eigenvalue weighted by Gasteiger charge is -2.15. The minimum atomic E-state index is 0.0399. The number of carbonyl (C=O) groups excluding carboxylic acids is 1. The number of carbonyl (C=O) groups is 1. The average molecular weight is 292 g/mol. The molecule has 0 radical (unpaired) electrons. The molecule has 4 heteroatoms. The van der Waals surface area contributed by atoms with Gasteiger partial charge in [-0.15, -0.1) is 0 Å². The van der Waals surface area contributed by atoms with Gasteiger partial charge >= 0.3 is 0 Å². The quantitative estimate of drug-likeness (QED) is 0.688. The largest absolute Gasteiger partial charge is 0.494 e. The topological polar surface area (TPSA) is 50.4 Å². The third-order valence-corrected chi connectivity index (χ3v) is 3.25. The molecule has 1 amide bonds.